The van der Waals surface area contributed by atoms with E-state index in [9.17, 15) is 10.2 Å². The highest BCUT2D eigenvalue weighted by atomic mass is 16.3. The number of unbranched alkanes of at least 4 members (excludes halogenated alkanes) is 1. The van der Waals surface area contributed by atoms with E-state index in [0.717, 1.165) is 37.0 Å². The normalized spacial score (nSPS) is 27.1. The first kappa shape index (κ1) is 37.3. The Kier molecular flexibility index (Phi) is 15.6. The molecule has 0 aliphatic heterocycles. The van der Waals surface area contributed by atoms with Gasteiger partial charge in [0, 0.05) is 0 Å². The molecule has 0 saturated carbocycles. The molecule has 2 heteroatoms. The summed E-state index contributed by atoms with van der Waals surface area (Å²) >= 11 is 0. The van der Waals surface area contributed by atoms with E-state index in [4.69, 9.17) is 0 Å². The second-order valence-electron chi connectivity index (χ2n) is 16.7. The van der Waals surface area contributed by atoms with Gasteiger partial charge in [-0.05, 0) is 91.9 Å². The van der Waals surface area contributed by atoms with Gasteiger partial charge in [-0.3, -0.25) is 0 Å². The summed E-state index contributed by atoms with van der Waals surface area (Å²) in [7, 11) is 0. The lowest BCUT2D eigenvalue weighted by molar-refractivity contribution is 0.0951. The van der Waals surface area contributed by atoms with E-state index in [2.05, 4.69) is 87.5 Å². The molecule has 0 heterocycles. The fourth-order valence-electron chi connectivity index (χ4n) is 8.40. The molecule has 7 atom stereocenters. The van der Waals surface area contributed by atoms with Crippen molar-refractivity contribution < 1.29 is 10.2 Å². The van der Waals surface area contributed by atoms with E-state index in [1.165, 1.54) is 93.8 Å². The fraction of sp³-hybridized carbons (Fsp3) is 0.850. The highest BCUT2D eigenvalue weighted by Crippen LogP contribution is 2.44. The smallest absolute Gasteiger partial charge is 0.0728 e. The second-order valence-corrected chi connectivity index (χ2v) is 16.7. The van der Waals surface area contributed by atoms with Crippen LogP contribution in [0.15, 0.2) is 34.9 Å². The van der Waals surface area contributed by atoms with Crippen LogP contribution >= 0.6 is 0 Å². The van der Waals surface area contributed by atoms with E-state index in [1.807, 2.05) is 0 Å². The highest BCUT2D eigenvalue weighted by molar-refractivity contribution is 5.33. The Morgan fingerprint density at radius 3 is 1.83 bits per heavy atom. The molecule has 2 nitrogen and oxygen atoms in total. The molecule has 42 heavy (non-hydrogen) atoms. The summed E-state index contributed by atoms with van der Waals surface area (Å²) in [4.78, 5) is 0. The average Bonchev–Trinajstić information content (AvgIpc) is 2.84. The van der Waals surface area contributed by atoms with Gasteiger partial charge in [0.15, 0.2) is 0 Å². The number of allylic oxidation sites excluding steroid dienone is 4. The van der Waals surface area contributed by atoms with E-state index < -0.39 is 0 Å². The van der Waals surface area contributed by atoms with Crippen molar-refractivity contribution in [2.75, 3.05) is 0 Å². The van der Waals surface area contributed by atoms with Gasteiger partial charge in [0.05, 0.1) is 12.2 Å². The minimum Gasteiger partial charge on any atom is -0.393 e. The lowest BCUT2D eigenvalue weighted by atomic mass is 9.65. The van der Waals surface area contributed by atoms with Gasteiger partial charge in [0.1, 0.15) is 0 Å². The van der Waals surface area contributed by atoms with Gasteiger partial charge in [-0.25, -0.2) is 0 Å². The van der Waals surface area contributed by atoms with Crippen LogP contribution < -0.4 is 0 Å². The van der Waals surface area contributed by atoms with Gasteiger partial charge in [0.2, 0.25) is 0 Å². The molecule has 0 radical (unpaired) electrons. The zero-order valence-electron chi connectivity index (χ0n) is 29.8. The predicted octanol–water partition coefficient (Wildman–Crippen LogP) is 11.6. The quantitative estimate of drug-likeness (QED) is 0.124. The number of aliphatic hydroxyl groups is 2. The third-order valence-electron chi connectivity index (χ3n) is 11.1. The first-order chi connectivity index (χ1) is 19.6. The molecule has 2 aliphatic carbocycles. The number of aliphatic hydroxyl groups excluding tert-OH is 2. The summed E-state index contributed by atoms with van der Waals surface area (Å²) in [5.74, 6) is 3.76. The first-order valence-corrected chi connectivity index (χ1v) is 18.0. The molecule has 0 fully saturated rings. The minimum absolute atomic E-state index is 0.0815. The molecular formula is C40H72O2. The highest BCUT2D eigenvalue weighted by Gasteiger charge is 2.36. The van der Waals surface area contributed by atoms with Crippen molar-refractivity contribution in [2.24, 2.45) is 40.4 Å². The third kappa shape index (κ3) is 13.0. The molecule has 2 N–H and O–H groups in total. The van der Waals surface area contributed by atoms with Crippen molar-refractivity contribution in [3.8, 4) is 0 Å². The van der Waals surface area contributed by atoms with Crippen LogP contribution in [0.2, 0.25) is 0 Å². The predicted molar refractivity (Wildman–Crippen MR) is 185 cm³/mol. The molecule has 0 aromatic rings. The third-order valence-corrected chi connectivity index (χ3v) is 11.1. The molecule has 0 saturated heterocycles. The van der Waals surface area contributed by atoms with Gasteiger partial charge < -0.3 is 10.2 Å². The van der Waals surface area contributed by atoms with E-state index in [-0.39, 0.29) is 23.0 Å². The van der Waals surface area contributed by atoms with Crippen LogP contribution in [0.4, 0.5) is 0 Å². The van der Waals surface area contributed by atoms with Crippen molar-refractivity contribution in [1.29, 1.82) is 0 Å². The second kappa shape index (κ2) is 17.6. The van der Waals surface area contributed by atoms with Crippen molar-refractivity contribution >= 4 is 0 Å². The van der Waals surface area contributed by atoms with Crippen LogP contribution in [-0.2, 0) is 0 Å². The summed E-state index contributed by atoms with van der Waals surface area (Å²) in [6.07, 6.45) is 25.4. The maximum Gasteiger partial charge on any atom is 0.0728 e. The van der Waals surface area contributed by atoms with Crippen LogP contribution in [0.3, 0.4) is 0 Å². The van der Waals surface area contributed by atoms with Crippen molar-refractivity contribution in [3.05, 3.63) is 34.9 Å². The molecule has 244 valence electrons. The van der Waals surface area contributed by atoms with E-state index >= 15 is 0 Å². The summed E-state index contributed by atoms with van der Waals surface area (Å²) in [5, 5.41) is 20.3. The summed E-state index contributed by atoms with van der Waals surface area (Å²) < 4.78 is 0. The van der Waals surface area contributed by atoms with Crippen LogP contribution in [0, 0.1) is 40.4 Å². The zero-order chi connectivity index (χ0) is 31.5. The number of rotatable bonds is 18. The van der Waals surface area contributed by atoms with E-state index in [1.54, 1.807) is 0 Å². The Morgan fingerprint density at radius 2 is 1.29 bits per heavy atom. The van der Waals surface area contributed by atoms with Gasteiger partial charge >= 0.3 is 0 Å². The van der Waals surface area contributed by atoms with Crippen LogP contribution in [0.25, 0.3) is 0 Å². The minimum atomic E-state index is -0.250. The van der Waals surface area contributed by atoms with Gasteiger partial charge in [0.25, 0.3) is 0 Å². The molecule has 0 aromatic heterocycles. The first-order valence-electron chi connectivity index (χ1n) is 18.0. The Morgan fingerprint density at radius 1 is 0.762 bits per heavy atom. The summed E-state index contributed by atoms with van der Waals surface area (Å²) in [6, 6.07) is 0. The fourth-order valence-corrected chi connectivity index (χ4v) is 8.40. The lowest BCUT2D eigenvalue weighted by Crippen LogP contribution is -2.33. The maximum atomic E-state index is 10.1. The Hall–Kier alpha value is -0.860. The van der Waals surface area contributed by atoms with Crippen molar-refractivity contribution in [1.82, 2.24) is 0 Å². The Labute approximate surface area is 262 Å². The van der Waals surface area contributed by atoms with Gasteiger partial charge in [-0.15, -0.1) is 0 Å². The van der Waals surface area contributed by atoms with Crippen LogP contribution in [0.1, 0.15) is 166 Å². The van der Waals surface area contributed by atoms with Crippen LogP contribution in [-0.4, -0.2) is 22.4 Å². The lowest BCUT2D eigenvalue weighted by Gasteiger charge is -2.41. The molecule has 0 spiro atoms. The van der Waals surface area contributed by atoms with Crippen molar-refractivity contribution in [2.45, 2.75) is 178 Å². The molecule has 2 rings (SSSR count). The number of hydrogen-bond acceptors (Lipinski definition) is 2. The average molecular weight is 585 g/mol. The Bertz CT molecular complexity index is 874. The largest absolute Gasteiger partial charge is 0.393 e. The SMILES string of the molecule is CC1=C[C@@H](O)CC(C)(C)C1CCC(C)CCCC(C)CCCCC(C)CCCC(C)/C=C/C1=C(C)C[C@H](O)CC1(C)C. The molecule has 2 aliphatic rings. The van der Waals surface area contributed by atoms with Crippen molar-refractivity contribution in [3.63, 3.8) is 0 Å². The van der Waals surface area contributed by atoms with E-state index in [0.29, 0.717) is 11.8 Å². The molecule has 0 bridgehead atoms. The van der Waals surface area contributed by atoms with Crippen LogP contribution in [0.5, 0.6) is 0 Å². The Balaban J connectivity index is 1.53. The summed E-state index contributed by atoms with van der Waals surface area (Å²) in [5.41, 5.74) is 4.52. The zero-order valence-corrected chi connectivity index (χ0v) is 29.8. The summed E-state index contributed by atoms with van der Waals surface area (Å²) in [6.45, 7) is 23.4. The molecular weight excluding hydrogens is 512 g/mol. The molecule has 5 unspecified atom stereocenters. The molecule has 0 aromatic carbocycles. The van der Waals surface area contributed by atoms with Gasteiger partial charge in [-0.1, -0.05) is 149 Å². The number of hydrogen-bond donors (Lipinski definition) is 2. The van der Waals surface area contributed by atoms with Gasteiger partial charge in [-0.2, -0.15) is 0 Å². The topological polar surface area (TPSA) is 40.5 Å². The monoisotopic (exact) mass is 585 g/mol. The molecule has 0 amide bonds. The standard InChI is InChI=1S/C40H72O2/c1-29(17-13-19-31(3)21-23-37-33(5)25-35(41)27-39(37,7)8)15-11-12-16-30(2)18-14-20-32(4)22-24-38-34(6)26-36(42)28-40(38,9)10/h21,23,26,29-32,35-36,38,41-42H,11-20,22,24-25,27-28H2,1-10H3/b23-21+/t29?,30?,31?,32?,35-,36+,38?/m0/s1. The maximum absolute atomic E-state index is 10.1.